The molecular formula is C14H20N2O3S. The van der Waals surface area contributed by atoms with Gasteiger partial charge in [-0.3, -0.25) is 0 Å². The van der Waals surface area contributed by atoms with Gasteiger partial charge in [-0.15, -0.1) is 0 Å². The Morgan fingerprint density at radius 2 is 1.95 bits per heavy atom. The second-order valence-electron chi connectivity index (χ2n) is 4.37. The third-order valence-corrected chi connectivity index (χ3v) is 3.60. The van der Waals surface area contributed by atoms with Gasteiger partial charge < -0.3 is 15.7 Å². The number of amides is 2. The number of carboxylic acid groups (broad SMARTS) is 1. The molecule has 0 heterocycles. The lowest BCUT2D eigenvalue weighted by atomic mass is 10.2. The molecule has 1 atom stereocenters. The van der Waals surface area contributed by atoms with Crippen molar-refractivity contribution in [1.29, 1.82) is 0 Å². The van der Waals surface area contributed by atoms with Gasteiger partial charge in [-0.2, -0.15) is 11.8 Å². The third-order valence-electron chi connectivity index (χ3n) is 2.67. The molecule has 110 valence electrons. The SMILES string of the molecule is CCSCCC(C)NC(=O)Nc1ccc(C(=O)O)cc1. The van der Waals surface area contributed by atoms with Crippen molar-refractivity contribution in [1.82, 2.24) is 5.32 Å². The van der Waals surface area contributed by atoms with E-state index >= 15 is 0 Å². The van der Waals surface area contributed by atoms with Gasteiger partial charge in [0.2, 0.25) is 0 Å². The zero-order valence-corrected chi connectivity index (χ0v) is 12.5. The summed E-state index contributed by atoms with van der Waals surface area (Å²) in [4.78, 5) is 22.4. The van der Waals surface area contributed by atoms with Crippen LogP contribution in [0, 0.1) is 0 Å². The fraction of sp³-hybridized carbons (Fsp3) is 0.429. The van der Waals surface area contributed by atoms with Gasteiger partial charge in [0.15, 0.2) is 0 Å². The number of carboxylic acids is 1. The summed E-state index contributed by atoms with van der Waals surface area (Å²) < 4.78 is 0. The Morgan fingerprint density at radius 3 is 2.50 bits per heavy atom. The topological polar surface area (TPSA) is 78.4 Å². The fourth-order valence-electron chi connectivity index (χ4n) is 1.56. The first-order valence-corrected chi connectivity index (χ1v) is 7.67. The Hall–Kier alpha value is -1.69. The highest BCUT2D eigenvalue weighted by Gasteiger charge is 2.08. The van der Waals surface area contributed by atoms with Crippen LogP contribution in [0.1, 0.15) is 30.6 Å². The number of urea groups is 1. The highest BCUT2D eigenvalue weighted by Crippen LogP contribution is 2.10. The highest BCUT2D eigenvalue weighted by molar-refractivity contribution is 7.99. The Balaban J connectivity index is 2.39. The molecule has 0 saturated carbocycles. The summed E-state index contributed by atoms with van der Waals surface area (Å²) in [5, 5.41) is 14.3. The summed E-state index contributed by atoms with van der Waals surface area (Å²) in [7, 11) is 0. The molecule has 1 rings (SSSR count). The van der Waals surface area contributed by atoms with Gasteiger partial charge in [0.1, 0.15) is 0 Å². The van der Waals surface area contributed by atoms with Crippen LogP contribution in [0.5, 0.6) is 0 Å². The van der Waals surface area contributed by atoms with E-state index in [-0.39, 0.29) is 17.6 Å². The van der Waals surface area contributed by atoms with Crippen LogP contribution in [-0.4, -0.2) is 34.7 Å². The molecule has 1 aromatic rings. The number of benzene rings is 1. The first-order chi connectivity index (χ1) is 9.52. The van der Waals surface area contributed by atoms with Crippen LogP contribution < -0.4 is 10.6 Å². The molecule has 5 nitrogen and oxygen atoms in total. The molecule has 0 aliphatic carbocycles. The molecule has 0 aliphatic rings. The number of hydrogen-bond acceptors (Lipinski definition) is 3. The van der Waals surface area contributed by atoms with Gasteiger partial charge in [-0.1, -0.05) is 6.92 Å². The van der Waals surface area contributed by atoms with E-state index < -0.39 is 5.97 Å². The number of anilines is 1. The number of thioether (sulfide) groups is 1. The van der Waals surface area contributed by atoms with Gasteiger partial charge in [0.25, 0.3) is 0 Å². The van der Waals surface area contributed by atoms with E-state index in [4.69, 9.17) is 5.11 Å². The Bertz CT molecular complexity index is 448. The van der Waals surface area contributed by atoms with Crippen molar-refractivity contribution >= 4 is 29.4 Å². The van der Waals surface area contributed by atoms with Crippen LogP contribution in [0.2, 0.25) is 0 Å². The number of aromatic carboxylic acids is 1. The first kappa shape index (κ1) is 16.4. The molecule has 0 fully saturated rings. The maximum atomic E-state index is 11.7. The van der Waals surface area contributed by atoms with Crippen LogP contribution >= 0.6 is 11.8 Å². The summed E-state index contributed by atoms with van der Waals surface area (Å²) in [6, 6.07) is 5.88. The van der Waals surface area contributed by atoms with E-state index in [9.17, 15) is 9.59 Å². The van der Waals surface area contributed by atoms with Crippen LogP contribution in [-0.2, 0) is 0 Å². The maximum absolute atomic E-state index is 11.7. The predicted molar refractivity (Wildman–Crippen MR) is 82.6 cm³/mol. The van der Waals surface area contributed by atoms with Gasteiger partial charge in [0, 0.05) is 11.7 Å². The average molecular weight is 296 g/mol. The minimum Gasteiger partial charge on any atom is -0.478 e. The van der Waals surface area contributed by atoms with E-state index in [1.165, 1.54) is 12.1 Å². The number of nitrogens with one attached hydrogen (secondary N) is 2. The normalized spacial score (nSPS) is 11.7. The van der Waals surface area contributed by atoms with E-state index in [1.54, 1.807) is 12.1 Å². The molecule has 0 radical (unpaired) electrons. The molecule has 0 aromatic heterocycles. The zero-order valence-electron chi connectivity index (χ0n) is 11.7. The first-order valence-electron chi connectivity index (χ1n) is 6.51. The van der Waals surface area contributed by atoms with Crippen molar-refractivity contribution in [2.45, 2.75) is 26.3 Å². The predicted octanol–water partition coefficient (Wildman–Crippen LogP) is 3.04. The van der Waals surface area contributed by atoms with Crippen LogP contribution in [0.15, 0.2) is 24.3 Å². The van der Waals surface area contributed by atoms with Gasteiger partial charge in [0.05, 0.1) is 5.56 Å². The van der Waals surface area contributed by atoms with Gasteiger partial charge in [-0.25, -0.2) is 9.59 Å². The average Bonchev–Trinajstić information content (AvgIpc) is 2.39. The number of rotatable bonds is 7. The number of carbonyl (C=O) groups is 2. The third kappa shape index (κ3) is 5.97. The Labute approximate surface area is 123 Å². The van der Waals surface area contributed by atoms with Crippen molar-refractivity contribution in [3.8, 4) is 0 Å². The van der Waals surface area contributed by atoms with Crippen LogP contribution in [0.4, 0.5) is 10.5 Å². The second-order valence-corrected chi connectivity index (χ2v) is 5.76. The molecule has 3 N–H and O–H groups in total. The number of hydrogen-bond donors (Lipinski definition) is 3. The lowest BCUT2D eigenvalue weighted by Gasteiger charge is -2.14. The molecule has 0 aliphatic heterocycles. The molecule has 0 saturated heterocycles. The minimum absolute atomic E-state index is 0.104. The second kappa shape index (κ2) is 8.47. The lowest BCUT2D eigenvalue weighted by Crippen LogP contribution is -2.36. The maximum Gasteiger partial charge on any atom is 0.335 e. The van der Waals surface area contributed by atoms with Crippen molar-refractivity contribution < 1.29 is 14.7 Å². The van der Waals surface area contributed by atoms with Crippen molar-refractivity contribution in [3.05, 3.63) is 29.8 Å². The quantitative estimate of drug-likeness (QED) is 0.676. The van der Waals surface area contributed by atoms with E-state index in [2.05, 4.69) is 17.6 Å². The van der Waals surface area contributed by atoms with E-state index in [0.29, 0.717) is 5.69 Å². The van der Waals surface area contributed by atoms with Gasteiger partial charge in [-0.05, 0) is 49.1 Å². The molecule has 6 heteroatoms. The van der Waals surface area contributed by atoms with Crippen LogP contribution in [0.3, 0.4) is 0 Å². The lowest BCUT2D eigenvalue weighted by molar-refractivity contribution is 0.0697. The molecule has 0 spiro atoms. The molecule has 2 amide bonds. The zero-order chi connectivity index (χ0) is 15.0. The summed E-state index contributed by atoms with van der Waals surface area (Å²) in [5.41, 5.74) is 0.767. The number of carbonyl (C=O) groups excluding carboxylic acids is 1. The Kier molecular flexibility index (Phi) is 6.93. The molecule has 1 unspecified atom stereocenters. The summed E-state index contributed by atoms with van der Waals surface area (Å²) in [6.07, 6.45) is 0.921. The molecule has 20 heavy (non-hydrogen) atoms. The van der Waals surface area contributed by atoms with Crippen LogP contribution in [0.25, 0.3) is 0 Å². The largest absolute Gasteiger partial charge is 0.478 e. The highest BCUT2D eigenvalue weighted by atomic mass is 32.2. The smallest absolute Gasteiger partial charge is 0.335 e. The fourth-order valence-corrected chi connectivity index (χ4v) is 2.37. The molecule has 0 bridgehead atoms. The minimum atomic E-state index is -0.983. The van der Waals surface area contributed by atoms with Crippen molar-refractivity contribution in [3.63, 3.8) is 0 Å². The monoisotopic (exact) mass is 296 g/mol. The molecular weight excluding hydrogens is 276 g/mol. The summed E-state index contributed by atoms with van der Waals surface area (Å²) in [5.74, 6) is 1.11. The standard InChI is InChI=1S/C14H20N2O3S/c1-3-20-9-8-10(2)15-14(19)16-12-6-4-11(5-7-12)13(17)18/h4-7,10H,3,8-9H2,1-2H3,(H,17,18)(H2,15,16,19). The van der Waals surface area contributed by atoms with E-state index in [0.717, 1.165) is 17.9 Å². The van der Waals surface area contributed by atoms with Gasteiger partial charge >= 0.3 is 12.0 Å². The van der Waals surface area contributed by atoms with Crippen molar-refractivity contribution in [2.24, 2.45) is 0 Å². The van der Waals surface area contributed by atoms with E-state index in [1.807, 2.05) is 18.7 Å². The summed E-state index contributed by atoms with van der Waals surface area (Å²) in [6.45, 7) is 4.07. The van der Waals surface area contributed by atoms with Crippen molar-refractivity contribution in [2.75, 3.05) is 16.8 Å². The Morgan fingerprint density at radius 1 is 1.30 bits per heavy atom. The summed E-state index contributed by atoms with van der Waals surface area (Å²) >= 11 is 1.84. The molecule has 1 aromatic carbocycles.